The second-order valence-corrected chi connectivity index (χ2v) is 6.24. The van der Waals surface area contributed by atoms with Crippen LogP contribution >= 0.6 is 0 Å². The topological polar surface area (TPSA) is 144 Å². The normalized spacial score (nSPS) is 17.0. The van der Waals surface area contributed by atoms with Crippen molar-refractivity contribution in [2.24, 2.45) is 5.92 Å². The van der Waals surface area contributed by atoms with Crippen LogP contribution < -0.4 is 16.0 Å². The zero-order valence-electron chi connectivity index (χ0n) is 15.2. The van der Waals surface area contributed by atoms with Gasteiger partial charge in [0.2, 0.25) is 18.2 Å². The molecule has 1 saturated heterocycles. The molecule has 2 rings (SSSR count). The Hall–Kier alpha value is -3.30. The molecule has 10 nitrogen and oxygen atoms in total. The molecular weight excluding hydrogens is 368 g/mol. The number of hydrogen-bond acceptors (Lipinski definition) is 7. The summed E-state index contributed by atoms with van der Waals surface area (Å²) in [5.74, 6) is -2.53. The monoisotopic (exact) mass is 390 g/mol. The zero-order valence-corrected chi connectivity index (χ0v) is 15.2. The van der Waals surface area contributed by atoms with Crippen LogP contribution in [0.2, 0.25) is 0 Å². The highest BCUT2D eigenvalue weighted by Crippen LogP contribution is 2.18. The lowest BCUT2D eigenvalue weighted by Crippen LogP contribution is -2.49. The molecule has 0 unspecified atom stereocenters. The molecule has 0 bridgehead atoms. The number of piperidine rings is 1. The predicted molar refractivity (Wildman–Crippen MR) is 95.9 cm³/mol. The largest absolute Gasteiger partial charge is 0.453 e. The fourth-order valence-electron chi connectivity index (χ4n) is 2.79. The van der Waals surface area contributed by atoms with Crippen molar-refractivity contribution in [1.29, 1.82) is 0 Å². The summed E-state index contributed by atoms with van der Waals surface area (Å²) >= 11 is 0. The molecule has 0 saturated carbocycles. The summed E-state index contributed by atoms with van der Waals surface area (Å²) in [4.78, 5) is 62.5. The molecule has 1 fully saturated rings. The Morgan fingerprint density at radius 1 is 1.36 bits per heavy atom. The maximum Gasteiger partial charge on any atom is 0.357 e. The number of carbonyl (C=O) groups excluding carboxylic acids is 5. The molecule has 1 aromatic rings. The van der Waals surface area contributed by atoms with Crippen molar-refractivity contribution in [3.05, 3.63) is 30.1 Å². The van der Waals surface area contributed by atoms with Gasteiger partial charge in [-0.05, 0) is 31.4 Å². The van der Waals surface area contributed by atoms with E-state index < -0.39 is 36.2 Å². The van der Waals surface area contributed by atoms with E-state index in [1.165, 1.54) is 12.3 Å². The molecule has 1 aliphatic heterocycles. The highest BCUT2D eigenvalue weighted by Gasteiger charge is 2.30. The number of esters is 1. The molecule has 0 radical (unpaired) electrons. The number of hydrogen-bond donors (Lipinski definition) is 3. The van der Waals surface area contributed by atoms with Gasteiger partial charge in [-0.15, -0.1) is 0 Å². The molecule has 2 heterocycles. The maximum absolute atomic E-state index is 12.5. The van der Waals surface area contributed by atoms with E-state index in [9.17, 15) is 24.0 Å². The summed E-state index contributed by atoms with van der Waals surface area (Å²) in [6.45, 7) is -0.307. The molecule has 3 N–H and O–H groups in total. The number of pyridine rings is 1. The van der Waals surface area contributed by atoms with Crippen LogP contribution in [0, 0.1) is 5.92 Å². The third-order valence-electron chi connectivity index (χ3n) is 4.21. The van der Waals surface area contributed by atoms with Crippen molar-refractivity contribution >= 4 is 30.0 Å². The summed E-state index contributed by atoms with van der Waals surface area (Å²) in [5, 5.41) is 7.41. The Kier molecular flexibility index (Phi) is 8.07. The molecular formula is C18H22N4O6. The van der Waals surface area contributed by atoms with Gasteiger partial charge in [-0.25, -0.2) is 9.78 Å². The van der Waals surface area contributed by atoms with Gasteiger partial charge >= 0.3 is 5.97 Å². The van der Waals surface area contributed by atoms with Gasteiger partial charge in [0, 0.05) is 18.7 Å². The number of carbonyl (C=O) groups is 5. The summed E-state index contributed by atoms with van der Waals surface area (Å²) in [7, 11) is 0. The number of amides is 3. The van der Waals surface area contributed by atoms with Gasteiger partial charge in [0.05, 0.1) is 12.6 Å². The summed E-state index contributed by atoms with van der Waals surface area (Å²) in [6.07, 6.45) is 3.22. The van der Waals surface area contributed by atoms with E-state index in [2.05, 4.69) is 20.9 Å². The molecule has 150 valence electrons. The number of aromatic nitrogens is 1. The molecule has 2 atom stereocenters. The number of nitrogens with one attached hydrogen (secondary N) is 3. The highest BCUT2D eigenvalue weighted by molar-refractivity contribution is 5.94. The van der Waals surface area contributed by atoms with E-state index in [1.807, 2.05) is 0 Å². The average molecular weight is 390 g/mol. The minimum absolute atomic E-state index is 0.0535. The van der Waals surface area contributed by atoms with E-state index in [4.69, 9.17) is 4.74 Å². The van der Waals surface area contributed by atoms with Crippen LogP contribution in [0.25, 0.3) is 0 Å². The van der Waals surface area contributed by atoms with E-state index in [-0.39, 0.29) is 24.6 Å². The molecule has 10 heteroatoms. The maximum atomic E-state index is 12.5. The van der Waals surface area contributed by atoms with Crippen LogP contribution in [-0.4, -0.2) is 60.7 Å². The standard InChI is InChI=1S/C18H22N4O6/c23-11-19-9-16(25)22-14(8-12-4-3-7-21-17(12)26)15(24)10-28-18(27)13-5-1-2-6-20-13/h1-2,5-6,11-12,14H,3-4,7-10H2,(H,19,23)(H,21,26)(H,22,25)/t12-,14-/m0/s1. The Balaban J connectivity index is 1.98. The fourth-order valence-corrected chi connectivity index (χ4v) is 2.79. The van der Waals surface area contributed by atoms with Gasteiger partial charge in [-0.2, -0.15) is 0 Å². The summed E-state index contributed by atoms with van der Waals surface area (Å²) in [5.41, 5.74) is 0.0535. The zero-order chi connectivity index (χ0) is 20.4. The Labute approximate surface area is 161 Å². The smallest absolute Gasteiger partial charge is 0.357 e. The van der Waals surface area contributed by atoms with Crippen LogP contribution in [0.1, 0.15) is 29.8 Å². The van der Waals surface area contributed by atoms with Crippen molar-refractivity contribution in [2.45, 2.75) is 25.3 Å². The van der Waals surface area contributed by atoms with Gasteiger partial charge in [-0.1, -0.05) is 6.07 Å². The number of nitrogens with zero attached hydrogens (tertiary/aromatic N) is 1. The van der Waals surface area contributed by atoms with Gasteiger partial charge in [0.25, 0.3) is 0 Å². The molecule has 1 aromatic heterocycles. The molecule has 28 heavy (non-hydrogen) atoms. The third kappa shape index (κ3) is 6.45. The SMILES string of the molecule is O=CNCC(=O)N[C@@H](C[C@@H]1CCCNC1=O)C(=O)COC(=O)c1ccccn1. The number of rotatable bonds is 10. The Bertz CT molecular complexity index is 724. The first-order valence-corrected chi connectivity index (χ1v) is 8.86. The van der Waals surface area contributed by atoms with Crippen molar-refractivity contribution < 1.29 is 28.7 Å². The quantitative estimate of drug-likeness (QED) is 0.342. The van der Waals surface area contributed by atoms with Gasteiger partial charge in [0.1, 0.15) is 5.69 Å². The average Bonchev–Trinajstić information content (AvgIpc) is 2.71. The number of Topliss-reactive ketones (excluding diaryl/α,β-unsaturated/α-hetero) is 1. The molecule has 1 aliphatic rings. The van der Waals surface area contributed by atoms with E-state index >= 15 is 0 Å². The second kappa shape index (κ2) is 10.8. The number of ketones is 1. The van der Waals surface area contributed by atoms with Gasteiger partial charge in [-0.3, -0.25) is 19.2 Å². The minimum atomic E-state index is -1.02. The Morgan fingerprint density at radius 2 is 2.18 bits per heavy atom. The lowest BCUT2D eigenvalue weighted by Gasteiger charge is -2.26. The van der Waals surface area contributed by atoms with Crippen molar-refractivity contribution in [3.8, 4) is 0 Å². The van der Waals surface area contributed by atoms with E-state index in [1.54, 1.807) is 12.1 Å². The van der Waals surface area contributed by atoms with Crippen LogP contribution in [0.5, 0.6) is 0 Å². The first-order valence-electron chi connectivity index (χ1n) is 8.86. The number of ether oxygens (including phenoxy) is 1. The molecule has 3 amide bonds. The predicted octanol–water partition coefficient (Wildman–Crippen LogP) is -1.05. The first-order chi connectivity index (χ1) is 13.5. The summed E-state index contributed by atoms with van der Waals surface area (Å²) in [6, 6.07) is 3.67. The van der Waals surface area contributed by atoms with Crippen molar-refractivity contribution in [1.82, 2.24) is 20.9 Å². The van der Waals surface area contributed by atoms with Crippen molar-refractivity contribution in [3.63, 3.8) is 0 Å². The van der Waals surface area contributed by atoms with Crippen molar-refractivity contribution in [2.75, 3.05) is 19.7 Å². The first kappa shape index (κ1) is 21.0. The molecule has 0 aromatic carbocycles. The third-order valence-corrected chi connectivity index (χ3v) is 4.21. The minimum Gasteiger partial charge on any atom is -0.453 e. The summed E-state index contributed by atoms with van der Waals surface area (Å²) < 4.78 is 4.97. The fraction of sp³-hybridized carbons (Fsp3) is 0.444. The van der Waals surface area contributed by atoms with Gasteiger partial charge in [0.15, 0.2) is 12.4 Å². The van der Waals surface area contributed by atoms with Crippen LogP contribution in [0.4, 0.5) is 0 Å². The van der Waals surface area contributed by atoms with Gasteiger partial charge < -0.3 is 20.7 Å². The second-order valence-electron chi connectivity index (χ2n) is 6.24. The van der Waals surface area contributed by atoms with Crippen LogP contribution in [-0.2, 0) is 23.9 Å². The molecule has 0 aliphatic carbocycles. The van der Waals surface area contributed by atoms with Crippen LogP contribution in [0.3, 0.4) is 0 Å². The van der Waals surface area contributed by atoms with E-state index in [0.29, 0.717) is 19.4 Å². The lowest BCUT2D eigenvalue weighted by atomic mass is 9.90. The lowest BCUT2D eigenvalue weighted by molar-refractivity contribution is -0.132. The Morgan fingerprint density at radius 3 is 2.86 bits per heavy atom. The molecule has 0 spiro atoms. The van der Waals surface area contributed by atoms with E-state index in [0.717, 1.165) is 6.42 Å². The van der Waals surface area contributed by atoms with Crippen LogP contribution in [0.15, 0.2) is 24.4 Å². The highest BCUT2D eigenvalue weighted by atomic mass is 16.5.